The van der Waals surface area contributed by atoms with Crippen molar-refractivity contribution in [1.29, 1.82) is 0 Å². The molecule has 0 aliphatic rings. The maximum atomic E-state index is 6.06. The van der Waals surface area contributed by atoms with Crippen LogP contribution >= 0.6 is 22.9 Å². The van der Waals surface area contributed by atoms with Gasteiger partial charge < -0.3 is 5.32 Å². The molecule has 0 saturated heterocycles. The first-order valence-corrected chi connectivity index (χ1v) is 7.98. The minimum absolute atomic E-state index is 0.367. The first-order chi connectivity index (χ1) is 9.22. The van der Waals surface area contributed by atoms with Gasteiger partial charge in [-0.15, -0.1) is 11.3 Å². The number of aryl methyl sites for hydroxylation is 1. The van der Waals surface area contributed by atoms with Crippen molar-refractivity contribution in [3.63, 3.8) is 0 Å². The third kappa shape index (κ3) is 4.07. The Balaban J connectivity index is 1.99. The number of hydrogen-bond donors (Lipinski definition) is 1. The van der Waals surface area contributed by atoms with Crippen molar-refractivity contribution in [1.82, 2.24) is 5.32 Å². The van der Waals surface area contributed by atoms with Crippen molar-refractivity contribution >= 4 is 22.9 Å². The molecule has 0 bridgehead atoms. The van der Waals surface area contributed by atoms with Crippen LogP contribution in [-0.4, -0.2) is 0 Å². The molecule has 0 saturated carbocycles. The lowest BCUT2D eigenvalue weighted by Gasteiger charge is -2.17. The second kappa shape index (κ2) is 7.09. The molecular weight excluding hydrogens is 274 g/mol. The normalized spacial score (nSPS) is 12.6. The largest absolute Gasteiger partial charge is 0.305 e. The van der Waals surface area contributed by atoms with Crippen LogP contribution in [0.2, 0.25) is 5.02 Å². The third-order valence-corrected chi connectivity index (χ3v) is 4.71. The molecule has 1 aromatic heterocycles. The molecule has 19 heavy (non-hydrogen) atoms. The molecule has 0 aliphatic carbocycles. The standard InChI is InChI=1S/C16H20ClNS/c1-3-14-8-9-15(19-14)11-18-16(4-2)12-6-5-7-13(17)10-12/h5-10,16,18H,3-4,11H2,1-2H3. The van der Waals surface area contributed by atoms with Gasteiger partial charge in [0, 0.05) is 27.4 Å². The van der Waals surface area contributed by atoms with E-state index in [1.807, 2.05) is 23.5 Å². The summed E-state index contributed by atoms with van der Waals surface area (Å²) in [6.07, 6.45) is 2.18. The molecule has 0 radical (unpaired) electrons. The summed E-state index contributed by atoms with van der Waals surface area (Å²) in [6, 6.07) is 12.9. The van der Waals surface area contributed by atoms with E-state index in [0.29, 0.717) is 6.04 Å². The highest BCUT2D eigenvalue weighted by atomic mass is 35.5. The predicted molar refractivity (Wildman–Crippen MR) is 85.0 cm³/mol. The van der Waals surface area contributed by atoms with E-state index in [9.17, 15) is 0 Å². The highest BCUT2D eigenvalue weighted by Crippen LogP contribution is 2.22. The smallest absolute Gasteiger partial charge is 0.0409 e. The molecule has 2 aromatic rings. The Morgan fingerprint density at radius 1 is 1.16 bits per heavy atom. The molecule has 0 fully saturated rings. The number of benzene rings is 1. The van der Waals surface area contributed by atoms with Crippen LogP contribution in [0.3, 0.4) is 0 Å². The maximum absolute atomic E-state index is 6.06. The number of halogens is 1. The van der Waals surface area contributed by atoms with Gasteiger partial charge in [-0.3, -0.25) is 0 Å². The second-order valence-electron chi connectivity index (χ2n) is 4.62. The van der Waals surface area contributed by atoms with Crippen molar-refractivity contribution in [2.45, 2.75) is 39.3 Å². The van der Waals surface area contributed by atoms with Crippen LogP contribution in [0.25, 0.3) is 0 Å². The van der Waals surface area contributed by atoms with Gasteiger partial charge in [0.15, 0.2) is 0 Å². The van der Waals surface area contributed by atoms with Gasteiger partial charge in [0.1, 0.15) is 0 Å². The maximum Gasteiger partial charge on any atom is 0.0409 e. The van der Waals surface area contributed by atoms with E-state index in [4.69, 9.17) is 11.6 Å². The number of nitrogens with one attached hydrogen (secondary N) is 1. The minimum Gasteiger partial charge on any atom is -0.305 e. The Hall–Kier alpha value is -0.830. The van der Waals surface area contributed by atoms with Gasteiger partial charge in [-0.05, 0) is 42.7 Å². The van der Waals surface area contributed by atoms with Gasteiger partial charge in [0.2, 0.25) is 0 Å². The first-order valence-electron chi connectivity index (χ1n) is 6.79. The van der Waals surface area contributed by atoms with Crippen LogP contribution in [0.1, 0.15) is 41.6 Å². The van der Waals surface area contributed by atoms with Crippen LogP contribution in [0.5, 0.6) is 0 Å². The fourth-order valence-electron chi connectivity index (χ4n) is 2.15. The minimum atomic E-state index is 0.367. The molecule has 1 atom stereocenters. The summed E-state index contributed by atoms with van der Waals surface area (Å²) in [4.78, 5) is 2.85. The zero-order chi connectivity index (χ0) is 13.7. The van der Waals surface area contributed by atoms with Gasteiger partial charge in [-0.1, -0.05) is 37.6 Å². The van der Waals surface area contributed by atoms with E-state index >= 15 is 0 Å². The Morgan fingerprint density at radius 2 is 1.95 bits per heavy atom. The van der Waals surface area contributed by atoms with E-state index in [2.05, 4.69) is 43.4 Å². The summed E-state index contributed by atoms with van der Waals surface area (Å²) >= 11 is 7.95. The lowest BCUT2D eigenvalue weighted by molar-refractivity contribution is 0.522. The molecule has 3 heteroatoms. The van der Waals surface area contributed by atoms with Gasteiger partial charge in [0.05, 0.1) is 0 Å². The van der Waals surface area contributed by atoms with Crippen LogP contribution in [0.15, 0.2) is 36.4 Å². The molecule has 1 nitrogen and oxygen atoms in total. The Morgan fingerprint density at radius 3 is 2.58 bits per heavy atom. The molecule has 1 aromatic carbocycles. The van der Waals surface area contributed by atoms with Crippen LogP contribution < -0.4 is 5.32 Å². The van der Waals surface area contributed by atoms with Crippen LogP contribution in [-0.2, 0) is 13.0 Å². The summed E-state index contributed by atoms with van der Waals surface area (Å²) in [5, 5.41) is 4.43. The zero-order valence-corrected chi connectivity index (χ0v) is 13.0. The van der Waals surface area contributed by atoms with E-state index in [1.165, 1.54) is 15.3 Å². The second-order valence-corrected chi connectivity index (χ2v) is 6.31. The monoisotopic (exact) mass is 293 g/mol. The van der Waals surface area contributed by atoms with Crippen molar-refractivity contribution in [3.05, 3.63) is 56.7 Å². The molecule has 1 heterocycles. The molecular formula is C16H20ClNS. The first kappa shape index (κ1) is 14.6. The van der Waals surface area contributed by atoms with Crippen molar-refractivity contribution < 1.29 is 0 Å². The zero-order valence-electron chi connectivity index (χ0n) is 11.4. The topological polar surface area (TPSA) is 12.0 Å². The molecule has 1 N–H and O–H groups in total. The molecule has 0 aliphatic heterocycles. The molecule has 1 unspecified atom stereocenters. The predicted octanol–water partition coefficient (Wildman–Crippen LogP) is 5.20. The van der Waals surface area contributed by atoms with E-state index in [-0.39, 0.29) is 0 Å². The molecule has 0 spiro atoms. The van der Waals surface area contributed by atoms with E-state index in [1.54, 1.807) is 0 Å². The average molecular weight is 294 g/mol. The van der Waals surface area contributed by atoms with Crippen molar-refractivity contribution in [2.24, 2.45) is 0 Å². The number of rotatable bonds is 6. The quantitative estimate of drug-likeness (QED) is 0.771. The third-order valence-electron chi connectivity index (χ3n) is 3.25. The number of hydrogen-bond acceptors (Lipinski definition) is 2. The fourth-order valence-corrected chi connectivity index (χ4v) is 3.26. The Labute approximate surface area is 124 Å². The lowest BCUT2D eigenvalue weighted by Crippen LogP contribution is -2.19. The Bertz CT molecular complexity index is 521. The summed E-state index contributed by atoms with van der Waals surface area (Å²) < 4.78 is 0. The summed E-state index contributed by atoms with van der Waals surface area (Å²) in [5.41, 5.74) is 1.27. The summed E-state index contributed by atoms with van der Waals surface area (Å²) in [6.45, 7) is 5.32. The summed E-state index contributed by atoms with van der Waals surface area (Å²) in [7, 11) is 0. The molecule has 0 amide bonds. The van der Waals surface area contributed by atoms with Gasteiger partial charge in [-0.25, -0.2) is 0 Å². The van der Waals surface area contributed by atoms with E-state index in [0.717, 1.165) is 24.4 Å². The molecule has 2 rings (SSSR count). The SMILES string of the molecule is CCc1ccc(CNC(CC)c2cccc(Cl)c2)s1. The van der Waals surface area contributed by atoms with Crippen LogP contribution in [0, 0.1) is 0 Å². The van der Waals surface area contributed by atoms with Crippen LogP contribution in [0.4, 0.5) is 0 Å². The number of thiophene rings is 1. The fraction of sp³-hybridized carbons (Fsp3) is 0.375. The Kier molecular flexibility index (Phi) is 5.44. The van der Waals surface area contributed by atoms with Crippen molar-refractivity contribution in [2.75, 3.05) is 0 Å². The van der Waals surface area contributed by atoms with Gasteiger partial charge in [0.25, 0.3) is 0 Å². The molecule has 102 valence electrons. The average Bonchev–Trinajstić information content (AvgIpc) is 2.87. The van der Waals surface area contributed by atoms with Crippen molar-refractivity contribution in [3.8, 4) is 0 Å². The van der Waals surface area contributed by atoms with Gasteiger partial charge >= 0.3 is 0 Å². The lowest BCUT2D eigenvalue weighted by atomic mass is 10.0. The highest BCUT2D eigenvalue weighted by Gasteiger charge is 2.09. The highest BCUT2D eigenvalue weighted by molar-refractivity contribution is 7.11. The van der Waals surface area contributed by atoms with Gasteiger partial charge in [-0.2, -0.15) is 0 Å². The summed E-state index contributed by atoms with van der Waals surface area (Å²) in [5.74, 6) is 0. The van der Waals surface area contributed by atoms with E-state index < -0.39 is 0 Å².